The minimum Gasteiger partial charge on any atom is -0.384 e. The number of carbonyl (C=O) groups excluding carboxylic acids is 1. The van der Waals surface area contributed by atoms with Gasteiger partial charge in [0.2, 0.25) is 0 Å². The summed E-state index contributed by atoms with van der Waals surface area (Å²) in [6, 6.07) is 3.50. The van der Waals surface area contributed by atoms with Gasteiger partial charge in [0.25, 0.3) is 5.91 Å². The summed E-state index contributed by atoms with van der Waals surface area (Å²) in [4.78, 5) is 13.5. The number of hydrogen-bond donors (Lipinski definition) is 2. The summed E-state index contributed by atoms with van der Waals surface area (Å²) in [5.74, 6) is 5.17. The van der Waals surface area contributed by atoms with Crippen molar-refractivity contribution in [2.45, 2.75) is 13.3 Å². The topological polar surface area (TPSA) is 67.2 Å². The maximum atomic E-state index is 12.1. The van der Waals surface area contributed by atoms with Crippen molar-refractivity contribution < 1.29 is 9.90 Å². The van der Waals surface area contributed by atoms with E-state index in [1.54, 1.807) is 23.0 Å². The molecule has 2 rings (SSSR count). The van der Waals surface area contributed by atoms with Crippen molar-refractivity contribution in [3.8, 4) is 11.8 Å². The summed E-state index contributed by atoms with van der Waals surface area (Å²) >= 11 is 1.30. The predicted octanol–water partition coefficient (Wildman–Crippen LogP) is 1.64. The Morgan fingerprint density at radius 3 is 3.05 bits per heavy atom. The van der Waals surface area contributed by atoms with Gasteiger partial charge in [-0.25, -0.2) is 0 Å². The van der Waals surface area contributed by atoms with Gasteiger partial charge in [-0.3, -0.25) is 9.48 Å². The second-order valence-electron chi connectivity index (χ2n) is 4.09. The van der Waals surface area contributed by atoms with Gasteiger partial charge in [-0.15, -0.1) is 11.3 Å². The summed E-state index contributed by atoms with van der Waals surface area (Å²) in [5, 5.41) is 15.8. The van der Waals surface area contributed by atoms with Crippen molar-refractivity contribution in [1.29, 1.82) is 0 Å². The van der Waals surface area contributed by atoms with Crippen LogP contribution in [0.3, 0.4) is 0 Å². The van der Waals surface area contributed by atoms with Gasteiger partial charge in [0, 0.05) is 13.2 Å². The Bertz CT molecular complexity index is 676. The fourth-order valence-electron chi connectivity index (χ4n) is 1.74. The molecular weight excluding hydrogens is 274 g/mol. The fourth-order valence-corrected chi connectivity index (χ4v) is 2.51. The molecule has 0 atom stereocenters. The Labute approximate surface area is 121 Å². The molecule has 2 N–H and O–H groups in total. The third-order valence-corrected chi connectivity index (χ3v) is 3.61. The molecule has 0 aliphatic heterocycles. The van der Waals surface area contributed by atoms with Crippen molar-refractivity contribution in [2.75, 3.05) is 11.9 Å². The van der Waals surface area contributed by atoms with Crippen LogP contribution in [0.1, 0.15) is 27.2 Å². The van der Waals surface area contributed by atoms with E-state index in [1.807, 2.05) is 14.0 Å². The van der Waals surface area contributed by atoms with Crippen molar-refractivity contribution in [2.24, 2.45) is 7.05 Å². The van der Waals surface area contributed by atoms with Gasteiger partial charge in [0.15, 0.2) is 0 Å². The van der Waals surface area contributed by atoms with Crippen LogP contribution in [0.25, 0.3) is 0 Å². The van der Waals surface area contributed by atoms with Crippen molar-refractivity contribution in [3.05, 3.63) is 33.8 Å². The highest BCUT2D eigenvalue weighted by molar-refractivity contribution is 7.14. The molecule has 2 aromatic heterocycles. The van der Waals surface area contributed by atoms with Crippen molar-refractivity contribution >= 4 is 22.9 Å². The zero-order valence-corrected chi connectivity index (χ0v) is 12.1. The van der Waals surface area contributed by atoms with E-state index in [9.17, 15) is 4.79 Å². The third kappa shape index (κ3) is 3.26. The molecule has 20 heavy (non-hydrogen) atoms. The highest BCUT2D eigenvalue weighted by atomic mass is 32.1. The van der Waals surface area contributed by atoms with E-state index in [4.69, 9.17) is 5.11 Å². The number of nitrogens with one attached hydrogen (secondary N) is 1. The first-order chi connectivity index (χ1) is 9.63. The Morgan fingerprint density at radius 1 is 1.55 bits per heavy atom. The number of carbonyl (C=O) groups is 1. The van der Waals surface area contributed by atoms with Crippen LogP contribution in [-0.4, -0.2) is 27.4 Å². The molecule has 0 saturated carbocycles. The van der Waals surface area contributed by atoms with Gasteiger partial charge >= 0.3 is 0 Å². The number of anilines is 1. The van der Waals surface area contributed by atoms with E-state index in [0.717, 1.165) is 22.7 Å². The number of rotatable bonds is 3. The lowest BCUT2D eigenvalue weighted by atomic mass is 10.3. The van der Waals surface area contributed by atoms with E-state index >= 15 is 0 Å². The second-order valence-corrected chi connectivity index (χ2v) is 5.18. The van der Waals surface area contributed by atoms with Crippen molar-refractivity contribution in [3.63, 3.8) is 0 Å². The highest BCUT2D eigenvalue weighted by Crippen LogP contribution is 2.19. The van der Waals surface area contributed by atoms with Gasteiger partial charge < -0.3 is 10.4 Å². The summed E-state index contributed by atoms with van der Waals surface area (Å²) in [6.45, 7) is 1.81. The van der Waals surface area contributed by atoms with Gasteiger partial charge in [0.05, 0.1) is 21.1 Å². The van der Waals surface area contributed by atoms with Crippen LogP contribution in [0, 0.1) is 11.8 Å². The second kappa shape index (κ2) is 6.37. The quantitative estimate of drug-likeness (QED) is 0.844. The first-order valence-electron chi connectivity index (χ1n) is 6.17. The summed E-state index contributed by atoms with van der Waals surface area (Å²) in [6.07, 6.45) is 2.55. The van der Waals surface area contributed by atoms with E-state index in [0.29, 0.717) is 4.88 Å². The molecule has 0 aliphatic rings. The molecule has 0 aliphatic carbocycles. The minimum atomic E-state index is -0.186. The van der Waals surface area contributed by atoms with Gasteiger partial charge in [-0.05, 0) is 18.6 Å². The van der Waals surface area contributed by atoms with Crippen LogP contribution < -0.4 is 5.32 Å². The molecular formula is C14H15N3O2S. The lowest BCUT2D eigenvalue weighted by molar-refractivity contribution is 0.103. The maximum absolute atomic E-state index is 12.1. The number of aromatic nitrogens is 2. The average molecular weight is 289 g/mol. The molecule has 0 aromatic carbocycles. The molecule has 2 aromatic rings. The highest BCUT2D eigenvalue weighted by Gasteiger charge is 2.13. The zero-order chi connectivity index (χ0) is 14.5. The summed E-state index contributed by atoms with van der Waals surface area (Å²) in [5.41, 5.74) is 1.59. The molecule has 0 saturated heterocycles. The normalized spacial score (nSPS) is 9.95. The largest absolute Gasteiger partial charge is 0.384 e. The minimum absolute atomic E-state index is 0.172. The third-order valence-electron chi connectivity index (χ3n) is 2.61. The molecule has 104 valence electrons. The standard InChI is InChI=1S/C14H15N3O2S/c1-3-11-12(9-17(2)16-11)15-14(19)13-7-6-10(20-13)5-4-8-18/h6-7,9,18H,3,8H2,1-2H3,(H,15,19). The number of aliphatic hydroxyl groups is 1. The average Bonchev–Trinajstić information content (AvgIpc) is 3.03. The van der Waals surface area contributed by atoms with E-state index in [2.05, 4.69) is 22.3 Å². The van der Waals surface area contributed by atoms with Crippen LogP contribution in [0.2, 0.25) is 0 Å². The summed E-state index contributed by atoms with van der Waals surface area (Å²) in [7, 11) is 1.82. The molecule has 0 unspecified atom stereocenters. The Hall–Kier alpha value is -2.10. The number of nitrogens with zero attached hydrogens (tertiary/aromatic N) is 2. The van der Waals surface area contributed by atoms with Crippen LogP contribution in [0.4, 0.5) is 5.69 Å². The van der Waals surface area contributed by atoms with E-state index in [1.165, 1.54) is 11.3 Å². The lowest BCUT2D eigenvalue weighted by Crippen LogP contribution is -2.10. The van der Waals surface area contributed by atoms with Gasteiger partial charge in [-0.2, -0.15) is 5.10 Å². The Balaban J connectivity index is 2.13. The molecule has 0 radical (unpaired) electrons. The van der Waals surface area contributed by atoms with E-state index < -0.39 is 0 Å². The first-order valence-corrected chi connectivity index (χ1v) is 6.99. The first kappa shape index (κ1) is 14.3. The van der Waals surface area contributed by atoms with E-state index in [-0.39, 0.29) is 12.5 Å². The van der Waals surface area contributed by atoms with Crippen LogP contribution >= 0.6 is 11.3 Å². The molecule has 1 amide bonds. The number of aryl methyl sites for hydroxylation is 2. The SMILES string of the molecule is CCc1nn(C)cc1NC(=O)c1ccc(C#CCO)s1. The molecule has 0 spiro atoms. The van der Waals surface area contributed by atoms with Gasteiger partial charge in [0.1, 0.15) is 6.61 Å². The Morgan fingerprint density at radius 2 is 2.35 bits per heavy atom. The molecule has 0 bridgehead atoms. The monoisotopic (exact) mass is 289 g/mol. The number of hydrogen-bond acceptors (Lipinski definition) is 4. The lowest BCUT2D eigenvalue weighted by Gasteiger charge is -2.01. The predicted molar refractivity (Wildman–Crippen MR) is 78.8 cm³/mol. The summed E-state index contributed by atoms with van der Waals surface area (Å²) < 4.78 is 1.68. The Kier molecular flexibility index (Phi) is 4.56. The molecule has 0 fully saturated rings. The number of amides is 1. The molecule has 2 heterocycles. The van der Waals surface area contributed by atoms with Crippen LogP contribution in [0.15, 0.2) is 18.3 Å². The van der Waals surface area contributed by atoms with Crippen LogP contribution in [-0.2, 0) is 13.5 Å². The smallest absolute Gasteiger partial charge is 0.265 e. The van der Waals surface area contributed by atoms with Crippen LogP contribution in [0.5, 0.6) is 0 Å². The van der Waals surface area contributed by atoms with Gasteiger partial charge in [-0.1, -0.05) is 18.8 Å². The molecule has 5 nitrogen and oxygen atoms in total. The molecule has 6 heteroatoms. The van der Waals surface area contributed by atoms with Crippen molar-refractivity contribution in [1.82, 2.24) is 9.78 Å². The maximum Gasteiger partial charge on any atom is 0.265 e. The number of thiophene rings is 1. The number of aliphatic hydroxyl groups excluding tert-OH is 1. The zero-order valence-electron chi connectivity index (χ0n) is 11.3. The fraction of sp³-hybridized carbons (Fsp3) is 0.286.